The molecule has 41 heavy (non-hydrogen) atoms. The Morgan fingerprint density at radius 2 is 1.63 bits per heavy atom. The van der Waals surface area contributed by atoms with E-state index in [0.717, 1.165) is 12.8 Å². The summed E-state index contributed by atoms with van der Waals surface area (Å²) in [5.41, 5.74) is -2.39. The molecule has 4 saturated carbocycles. The monoisotopic (exact) mass is 581 g/mol. The minimum Gasteiger partial charge on any atom is -0.744 e. The van der Waals surface area contributed by atoms with Crippen molar-refractivity contribution in [1.29, 1.82) is 0 Å². The standard InChI is InChI=1S/C29H26O11S/c30-21-16-5-13-6-17(21)11-28(9-13,10-16)25(31)39-22-20-12-29(24(38-20)23(22)40-27(29)33)26(32)37-18-3-1-15-8-19(41(34,35)36)4-2-14(15)7-18/h1-4,7-8,13,16-17,20,22-24H,5-6,9-12H2,(H,34,35,36)/p-1. The van der Waals surface area contributed by atoms with Crippen molar-refractivity contribution >= 4 is 44.6 Å². The highest BCUT2D eigenvalue weighted by atomic mass is 32.2. The number of carbonyl (C=O) groups excluding carboxylic acids is 4. The topological polar surface area (TPSA) is 162 Å². The fourth-order valence-electron chi connectivity index (χ4n) is 8.57. The van der Waals surface area contributed by atoms with Crippen LogP contribution in [0, 0.1) is 28.6 Å². The fourth-order valence-corrected chi connectivity index (χ4v) is 9.07. The SMILES string of the molecule is O=C1C2CC3CC1CC(C(=O)OC1C4CC5(C(=O)Oc6ccc7cc(S(=O)(=O)[O-])ccc7c6)C(=O)OC1C5O4)(C3)C2. The lowest BCUT2D eigenvalue weighted by Crippen LogP contribution is -2.56. The molecule has 3 heterocycles. The number of carbonyl (C=O) groups is 4. The third-order valence-corrected chi connectivity index (χ3v) is 11.1. The Labute approximate surface area is 234 Å². The van der Waals surface area contributed by atoms with Crippen molar-refractivity contribution in [2.24, 2.45) is 28.6 Å². The molecular weight excluding hydrogens is 556 g/mol. The summed E-state index contributed by atoms with van der Waals surface area (Å²) >= 11 is 0. The van der Waals surface area contributed by atoms with Gasteiger partial charge in [0.05, 0.1) is 10.3 Å². The molecule has 3 aliphatic heterocycles. The van der Waals surface area contributed by atoms with Gasteiger partial charge in [0.1, 0.15) is 33.9 Å². The van der Waals surface area contributed by atoms with Crippen LogP contribution in [-0.4, -0.2) is 61.1 Å². The van der Waals surface area contributed by atoms with Gasteiger partial charge in [0.15, 0.2) is 17.6 Å². The number of ether oxygens (including phenoxy) is 4. The maximum absolute atomic E-state index is 13.6. The van der Waals surface area contributed by atoms with Gasteiger partial charge in [-0.2, -0.15) is 0 Å². The summed E-state index contributed by atoms with van der Waals surface area (Å²) in [6.07, 6.45) is -0.122. The Bertz CT molecular complexity index is 1660. The molecule has 7 atom stereocenters. The van der Waals surface area contributed by atoms with Gasteiger partial charge < -0.3 is 23.5 Å². The van der Waals surface area contributed by atoms with Crippen molar-refractivity contribution in [3.63, 3.8) is 0 Å². The summed E-state index contributed by atoms with van der Waals surface area (Å²) in [4.78, 5) is 52.3. The molecule has 214 valence electrons. The van der Waals surface area contributed by atoms with Gasteiger partial charge in [-0.25, -0.2) is 8.42 Å². The van der Waals surface area contributed by atoms with Crippen molar-refractivity contribution in [3.05, 3.63) is 36.4 Å². The number of hydrogen-bond donors (Lipinski definition) is 0. The quantitative estimate of drug-likeness (QED) is 0.220. The summed E-state index contributed by atoms with van der Waals surface area (Å²) in [5, 5.41) is 0.978. The van der Waals surface area contributed by atoms with Gasteiger partial charge in [-0.15, -0.1) is 0 Å². The summed E-state index contributed by atoms with van der Waals surface area (Å²) in [5.74, 6) is -1.45. The van der Waals surface area contributed by atoms with E-state index in [1.54, 1.807) is 0 Å². The largest absolute Gasteiger partial charge is 0.744 e. The first-order chi connectivity index (χ1) is 19.5. The smallest absolute Gasteiger partial charge is 0.331 e. The molecule has 7 unspecified atom stereocenters. The molecule has 9 rings (SSSR count). The summed E-state index contributed by atoms with van der Waals surface area (Å²) in [6, 6.07) is 8.26. The number of esters is 3. The molecule has 7 fully saturated rings. The number of fused-ring (bicyclic) bond motifs is 2. The molecule has 4 aliphatic carbocycles. The molecular formula is C29H25O11S-. The lowest BCUT2D eigenvalue weighted by molar-refractivity contribution is -0.185. The van der Waals surface area contributed by atoms with Crippen molar-refractivity contribution in [3.8, 4) is 5.75 Å². The number of Topliss-reactive ketones (excluding diaryl/α,β-unsaturated/α-hetero) is 1. The molecule has 7 aliphatic rings. The predicted octanol–water partition coefficient (Wildman–Crippen LogP) is 2.04. The maximum Gasteiger partial charge on any atom is 0.331 e. The Kier molecular flexibility index (Phi) is 5.04. The molecule has 0 N–H and O–H groups in total. The van der Waals surface area contributed by atoms with E-state index >= 15 is 0 Å². The third kappa shape index (κ3) is 3.47. The lowest BCUT2D eigenvalue weighted by Gasteiger charge is -2.54. The van der Waals surface area contributed by atoms with Crippen LogP contribution in [0.1, 0.15) is 38.5 Å². The van der Waals surface area contributed by atoms with E-state index in [0.29, 0.717) is 36.0 Å². The van der Waals surface area contributed by atoms with E-state index in [9.17, 15) is 32.1 Å². The first-order valence-corrected chi connectivity index (χ1v) is 15.2. The van der Waals surface area contributed by atoms with E-state index in [4.69, 9.17) is 18.9 Å². The van der Waals surface area contributed by atoms with Crippen LogP contribution in [0.2, 0.25) is 0 Å². The molecule has 12 heteroatoms. The molecule has 0 amide bonds. The van der Waals surface area contributed by atoms with Crippen molar-refractivity contribution in [2.75, 3.05) is 0 Å². The number of ketones is 1. The van der Waals surface area contributed by atoms with Gasteiger partial charge in [0, 0.05) is 18.3 Å². The van der Waals surface area contributed by atoms with Crippen LogP contribution in [-0.2, 0) is 43.5 Å². The summed E-state index contributed by atoms with van der Waals surface area (Å²) in [7, 11) is -4.62. The first kappa shape index (κ1) is 25.4. The van der Waals surface area contributed by atoms with Gasteiger partial charge in [0.25, 0.3) is 0 Å². The lowest BCUT2D eigenvalue weighted by atomic mass is 9.49. The molecule has 3 saturated heterocycles. The second-order valence-corrected chi connectivity index (χ2v) is 13.9. The highest BCUT2D eigenvalue weighted by Gasteiger charge is 2.77. The molecule has 11 nitrogen and oxygen atoms in total. The maximum atomic E-state index is 13.6. The summed E-state index contributed by atoms with van der Waals surface area (Å²) < 4.78 is 57.1. The molecule has 0 spiro atoms. The van der Waals surface area contributed by atoms with E-state index < -0.39 is 57.3 Å². The van der Waals surface area contributed by atoms with Crippen molar-refractivity contribution < 1.29 is 51.1 Å². The minimum absolute atomic E-state index is 0.0541. The van der Waals surface area contributed by atoms with Gasteiger partial charge in [-0.1, -0.05) is 12.1 Å². The molecule has 2 aromatic rings. The minimum atomic E-state index is -4.62. The van der Waals surface area contributed by atoms with Gasteiger partial charge in [-0.05, 0) is 73.1 Å². The average molecular weight is 582 g/mol. The average Bonchev–Trinajstić information content (AvgIpc) is 3.53. The zero-order chi connectivity index (χ0) is 28.5. The zero-order valence-corrected chi connectivity index (χ0v) is 22.5. The predicted molar refractivity (Wildman–Crippen MR) is 134 cm³/mol. The summed E-state index contributed by atoms with van der Waals surface area (Å²) in [6.45, 7) is 0. The Morgan fingerprint density at radius 3 is 2.37 bits per heavy atom. The highest BCUT2D eigenvalue weighted by Crippen LogP contribution is 2.60. The van der Waals surface area contributed by atoms with Crippen LogP contribution >= 0.6 is 0 Å². The van der Waals surface area contributed by atoms with Gasteiger partial charge in [-0.3, -0.25) is 19.2 Å². The van der Waals surface area contributed by atoms with E-state index in [-0.39, 0.29) is 40.7 Å². The Balaban J connectivity index is 0.996. The normalized spacial score (nSPS) is 39.8. The van der Waals surface area contributed by atoms with Crippen LogP contribution in [0.3, 0.4) is 0 Å². The van der Waals surface area contributed by atoms with Gasteiger partial charge in [0.2, 0.25) is 0 Å². The molecule has 0 aromatic heterocycles. The van der Waals surface area contributed by atoms with Crippen molar-refractivity contribution in [2.45, 2.75) is 67.8 Å². The van der Waals surface area contributed by atoms with Crippen LogP contribution in [0.15, 0.2) is 41.3 Å². The third-order valence-electron chi connectivity index (χ3n) is 10.2. The Morgan fingerprint density at radius 1 is 0.927 bits per heavy atom. The van der Waals surface area contributed by atoms with Crippen LogP contribution in [0.4, 0.5) is 0 Å². The first-order valence-electron chi connectivity index (χ1n) is 13.8. The van der Waals surface area contributed by atoms with Crippen molar-refractivity contribution in [1.82, 2.24) is 0 Å². The van der Waals surface area contributed by atoms with E-state index in [1.807, 2.05) is 0 Å². The van der Waals surface area contributed by atoms with Gasteiger partial charge >= 0.3 is 17.9 Å². The second-order valence-electron chi connectivity index (χ2n) is 12.6. The highest BCUT2D eigenvalue weighted by molar-refractivity contribution is 7.85. The molecule has 6 bridgehead atoms. The number of hydrogen-bond acceptors (Lipinski definition) is 11. The Hall–Kier alpha value is -3.35. The molecule has 0 radical (unpaired) electrons. The number of rotatable bonds is 5. The molecule has 2 aromatic carbocycles. The van der Waals surface area contributed by atoms with E-state index in [1.165, 1.54) is 36.4 Å². The van der Waals surface area contributed by atoms with Crippen LogP contribution in [0.25, 0.3) is 10.8 Å². The van der Waals surface area contributed by atoms with Crippen LogP contribution < -0.4 is 4.74 Å². The second kappa shape index (κ2) is 8.14. The zero-order valence-electron chi connectivity index (χ0n) is 21.6. The van der Waals surface area contributed by atoms with E-state index in [2.05, 4.69) is 0 Å². The van der Waals surface area contributed by atoms with Crippen LogP contribution in [0.5, 0.6) is 5.75 Å². The fraction of sp³-hybridized carbons (Fsp3) is 0.517. The number of benzene rings is 2.